The molecule has 31 heavy (non-hydrogen) atoms. The average Bonchev–Trinajstić information content (AvgIpc) is 3.12. The molecule has 0 fully saturated rings. The number of amides is 1. The maximum atomic E-state index is 12.6. The Morgan fingerprint density at radius 1 is 1.13 bits per heavy atom. The lowest BCUT2D eigenvalue weighted by Crippen LogP contribution is -2.31. The summed E-state index contributed by atoms with van der Waals surface area (Å²) in [7, 11) is 3.97. The van der Waals surface area contributed by atoms with E-state index in [1.165, 1.54) is 5.56 Å². The lowest BCUT2D eigenvalue weighted by Gasteiger charge is -2.20. The Morgan fingerprint density at radius 3 is 2.65 bits per heavy atom. The number of nitrogens with one attached hydrogen (secondary N) is 1. The molecule has 160 valence electrons. The van der Waals surface area contributed by atoms with Gasteiger partial charge in [-0.2, -0.15) is 0 Å². The van der Waals surface area contributed by atoms with E-state index in [2.05, 4.69) is 28.1 Å². The van der Waals surface area contributed by atoms with Crippen molar-refractivity contribution in [1.29, 1.82) is 0 Å². The van der Waals surface area contributed by atoms with Crippen LogP contribution in [0, 0.1) is 0 Å². The number of halogens is 1. The van der Waals surface area contributed by atoms with Crippen molar-refractivity contribution >= 4 is 28.5 Å². The number of fused-ring (bicyclic) bond motifs is 1. The van der Waals surface area contributed by atoms with Gasteiger partial charge in [0.1, 0.15) is 5.82 Å². The summed E-state index contributed by atoms with van der Waals surface area (Å²) in [5.41, 5.74) is 3.60. The number of nitrogens with zero attached hydrogens (tertiary/aromatic N) is 3. The van der Waals surface area contributed by atoms with Gasteiger partial charge in [0.25, 0.3) is 5.91 Å². The minimum Gasteiger partial charge on any atom is -0.351 e. The molecule has 6 heteroatoms. The molecule has 1 heterocycles. The highest BCUT2D eigenvalue weighted by atomic mass is 35.5. The molecule has 1 N–H and O–H groups in total. The van der Waals surface area contributed by atoms with Crippen LogP contribution in [0.15, 0.2) is 72.8 Å². The van der Waals surface area contributed by atoms with Gasteiger partial charge in [0, 0.05) is 25.2 Å². The molecule has 0 saturated heterocycles. The van der Waals surface area contributed by atoms with E-state index in [1.54, 1.807) is 0 Å². The molecular weight excluding hydrogens is 408 g/mol. The van der Waals surface area contributed by atoms with Crippen LogP contribution in [0.4, 0.5) is 0 Å². The smallest absolute Gasteiger partial charge is 0.251 e. The van der Waals surface area contributed by atoms with Crippen LogP contribution in [0.5, 0.6) is 0 Å². The first-order chi connectivity index (χ1) is 15.0. The molecule has 0 spiro atoms. The minimum absolute atomic E-state index is 0.0276. The van der Waals surface area contributed by atoms with Gasteiger partial charge in [-0.25, -0.2) is 4.98 Å². The summed E-state index contributed by atoms with van der Waals surface area (Å²) in [6, 6.07) is 16.0. The zero-order valence-corrected chi connectivity index (χ0v) is 18.6. The van der Waals surface area contributed by atoms with Gasteiger partial charge in [-0.05, 0) is 37.9 Å². The van der Waals surface area contributed by atoms with Gasteiger partial charge in [-0.1, -0.05) is 54.6 Å². The van der Waals surface area contributed by atoms with Gasteiger partial charge < -0.3 is 14.8 Å². The number of aromatic nitrogens is 2. The Kier molecular flexibility index (Phi) is 6.54. The number of imidazole rings is 1. The van der Waals surface area contributed by atoms with Gasteiger partial charge in [0.2, 0.25) is 0 Å². The molecule has 0 radical (unpaired) electrons. The zero-order chi connectivity index (χ0) is 21.8. The fourth-order valence-electron chi connectivity index (χ4n) is 3.78. The highest BCUT2D eigenvalue weighted by molar-refractivity contribution is 6.22. The molecule has 1 aliphatic carbocycles. The third-order valence-corrected chi connectivity index (χ3v) is 5.85. The Balaban J connectivity index is 1.70. The topological polar surface area (TPSA) is 50.2 Å². The number of likely N-dealkylation sites (N-methyl/N-ethyl adjacent to an activating group) is 1. The largest absolute Gasteiger partial charge is 0.351 e. The highest BCUT2D eigenvalue weighted by Crippen LogP contribution is 2.32. The molecule has 2 unspecified atom stereocenters. The molecule has 1 aromatic heterocycles. The lowest BCUT2D eigenvalue weighted by atomic mass is 9.99. The van der Waals surface area contributed by atoms with Crippen LogP contribution in [-0.2, 0) is 6.54 Å². The van der Waals surface area contributed by atoms with E-state index < -0.39 is 0 Å². The van der Waals surface area contributed by atoms with Gasteiger partial charge in [0.15, 0.2) is 0 Å². The molecule has 3 aromatic rings. The second kappa shape index (κ2) is 9.50. The van der Waals surface area contributed by atoms with Crippen LogP contribution >= 0.6 is 11.6 Å². The summed E-state index contributed by atoms with van der Waals surface area (Å²) in [5.74, 6) is 0.795. The van der Waals surface area contributed by atoms with Gasteiger partial charge in [0.05, 0.1) is 22.3 Å². The van der Waals surface area contributed by atoms with Crippen molar-refractivity contribution in [3.63, 3.8) is 0 Å². The Bertz CT molecular complexity index is 1120. The fourth-order valence-corrected chi connectivity index (χ4v) is 4.06. The molecular formula is C25H27ClN4O. The van der Waals surface area contributed by atoms with E-state index in [-0.39, 0.29) is 17.2 Å². The standard InChI is InChI=1S/C25H27ClN4O/c1-29(2)15-14-27-25(31)19-12-13-23-22(16-19)28-24(20-10-6-7-11-21(20)26)30(23)17-18-8-4-3-5-9-18/h3-13,16,20-21H,14-15,17H2,1-2H3,(H,27,31). The van der Waals surface area contributed by atoms with E-state index in [9.17, 15) is 4.79 Å². The molecule has 1 aliphatic rings. The van der Waals surface area contributed by atoms with Crippen molar-refractivity contribution in [3.8, 4) is 0 Å². The quantitative estimate of drug-likeness (QED) is 0.567. The summed E-state index contributed by atoms with van der Waals surface area (Å²) in [5, 5.41) is 2.81. The predicted molar refractivity (Wildman–Crippen MR) is 127 cm³/mol. The summed E-state index contributed by atoms with van der Waals surface area (Å²) in [6.45, 7) is 2.09. The first-order valence-corrected chi connectivity index (χ1v) is 10.9. The van der Waals surface area contributed by atoms with Crippen molar-refractivity contribution in [3.05, 3.63) is 89.8 Å². The number of rotatable bonds is 7. The van der Waals surface area contributed by atoms with Crippen molar-refractivity contribution in [2.75, 3.05) is 27.2 Å². The highest BCUT2D eigenvalue weighted by Gasteiger charge is 2.25. The summed E-state index contributed by atoms with van der Waals surface area (Å²) in [6.07, 6.45) is 8.06. The third-order valence-electron chi connectivity index (χ3n) is 5.43. The minimum atomic E-state index is -0.162. The number of alkyl halides is 1. The average molecular weight is 435 g/mol. The van der Waals surface area contributed by atoms with Crippen molar-refractivity contribution in [2.45, 2.75) is 17.8 Å². The van der Waals surface area contributed by atoms with Crippen LogP contribution in [0.1, 0.15) is 27.7 Å². The number of carbonyl (C=O) groups excluding carboxylic acids is 1. The number of hydrogen-bond donors (Lipinski definition) is 1. The maximum Gasteiger partial charge on any atom is 0.251 e. The van der Waals surface area contributed by atoms with E-state index >= 15 is 0 Å². The molecule has 0 bridgehead atoms. The number of benzene rings is 2. The second-order valence-corrected chi connectivity index (χ2v) is 8.55. The number of carbonyl (C=O) groups is 1. The van der Waals surface area contributed by atoms with Crippen LogP contribution in [-0.4, -0.2) is 52.9 Å². The zero-order valence-electron chi connectivity index (χ0n) is 17.8. The summed E-state index contributed by atoms with van der Waals surface area (Å²) >= 11 is 6.62. The fraction of sp³-hybridized carbons (Fsp3) is 0.280. The number of allylic oxidation sites excluding steroid dienone is 4. The SMILES string of the molecule is CN(C)CCNC(=O)c1ccc2c(c1)nc(C1C=CC=CC1Cl)n2Cc1ccccc1. The van der Waals surface area contributed by atoms with Crippen LogP contribution in [0.3, 0.4) is 0 Å². The first-order valence-electron chi connectivity index (χ1n) is 10.5. The lowest BCUT2D eigenvalue weighted by molar-refractivity contribution is 0.0951. The monoisotopic (exact) mass is 434 g/mol. The van der Waals surface area contributed by atoms with E-state index in [0.29, 0.717) is 18.7 Å². The molecule has 1 amide bonds. The Morgan fingerprint density at radius 2 is 1.90 bits per heavy atom. The van der Waals surface area contributed by atoms with Crippen LogP contribution in [0.25, 0.3) is 11.0 Å². The predicted octanol–water partition coefficient (Wildman–Crippen LogP) is 4.19. The van der Waals surface area contributed by atoms with Crippen LogP contribution < -0.4 is 5.32 Å². The van der Waals surface area contributed by atoms with Crippen molar-refractivity contribution in [2.24, 2.45) is 0 Å². The van der Waals surface area contributed by atoms with Gasteiger partial charge in [-0.15, -0.1) is 11.6 Å². The Hall–Kier alpha value is -2.89. The maximum absolute atomic E-state index is 12.6. The molecule has 2 atom stereocenters. The van der Waals surface area contributed by atoms with Gasteiger partial charge in [-0.3, -0.25) is 4.79 Å². The van der Waals surface area contributed by atoms with Crippen molar-refractivity contribution < 1.29 is 4.79 Å². The molecule has 2 aromatic carbocycles. The molecule has 0 aliphatic heterocycles. The molecule has 5 nitrogen and oxygen atoms in total. The summed E-state index contributed by atoms with van der Waals surface area (Å²) < 4.78 is 2.21. The summed E-state index contributed by atoms with van der Waals surface area (Å²) in [4.78, 5) is 19.6. The van der Waals surface area contributed by atoms with Gasteiger partial charge >= 0.3 is 0 Å². The van der Waals surface area contributed by atoms with E-state index in [0.717, 1.165) is 23.4 Å². The Labute approximate surface area is 188 Å². The van der Waals surface area contributed by atoms with E-state index in [1.807, 2.05) is 73.6 Å². The van der Waals surface area contributed by atoms with Crippen LogP contribution in [0.2, 0.25) is 0 Å². The number of hydrogen-bond acceptors (Lipinski definition) is 3. The van der Waals surface area contributed by atoms with Crippen molar-refractivity contribution in [1.82, 2.24) is 19.8 Å². The van der Waals surface area contributed by atoms with E-state index in [4.69, 9.17) is 16.6 Å². The third kappa shape index (κ3) is 4.89. The molecule has 0 saturated carbocycles. The second-order valence-electron chi connectivity index (χ2n) is 8.04. The molecule has 4 rings (SSSR count). The first kappa shape index (κ1) is 21.3. The normalized spacial score (nSPS) is 18.1.